The van der Waals surface area contributed by atoms with E-state index in [9.17, 15) is 14.4 Å². The molecule has 0 bridgehead atoms. The maximum absolute atomic E-state index is 12.9. The van der Waals surface area contributed by atoms with Crippen LogP contribution in [0.15, 0.2) is 76.7 Å². The molecule has 0 spiro atoms. The Morgan fingerprint density at radius 2 is 1.11 bits per heavy atom. The minimum atomic E-state index is -0.496. The van der Waals surface area contributed by atoms with Crippen molar-refractivity contribution in [2.24, 2.45) is 9.98 Å². The summed E-state index contributed by atoms with van der Waals surface area (Å²) < 4.78 is 0. The molecule has 0 radical (unpaired) electrons. The Hall–Kier alpha value is -5.10. The van der Waals surface area contributed by atoms with Crippen molar-refractivity contribution in [3.63, 3.8) is 0 Å². The largest absolute Gasteiger partial charge is 0.370 e. The van der Waals surface area contributed by atoms with E-state index in [4.69, 9.17) is 0 Å². The van der Waals surface area contributed by atoms with Gasteiger partial charge in [-0.25, -0.2) is 9.59 Å². The normalized spacial score (nSPS) is 13.8. The summed E-state index contributed by atoms with van der Waals surface area (Å²) in [5.41, 5.74) is 4.05. The van der Waals surface area contributed by atoms with E-state index in [0.29, 0.717) is 34.9 Å². The molecule has 0 aromatic heterocycles. The van der Waals surface area contributed by atoms with Gasteiger partial charge in [0.2, 0.25) is 0 Å². The average Bonchev–Trinajstić information content (AvgIpc) is 3.05. The molecule has 2 aliphatic heterocycles. The minimum absolute atomic E-state index is 0. The molecule has 5 rings (SSSR count). The van der Waals surface area contributed by atoms with Gasteiger partial charge in [0, 0.05) is 72.2 Å². The van der Waals surface area contributed by atoms with Crippen LogP contribution >= 0.6 is 12.4 Å². The number of carbonyl (C=O) groups excluding carboxylic acids is 3. The molecular formula is C32H38ClN9O3. The van der Waals surface area contributed by atoms with E-state index >= 15 is 0 Å². The lowest BCUT2D eigenvalue weighted by atomic mass is 10.1. The summed E-state index contributed by atoms with van der Waals surface area (Å²) in [5.74, 6) is 1.38. The highest BCUT2D eigenvalue weighted by Crippen LogP contribution is 2.21. The van der Waals surface area contributed by atoms with Crippen LogP contribution < -0.4 is 37.2 Å². The number of carbonyl (C=O) groups is 3. The molecule has 45 heavy (non-hydrogen) atoms. The van der Waals surface area contributed by atoms with E-state index in [1.54, 1.807) is 42.5 Å². The highest BCUT2D eigenvalue weighted by molar-refractivity contribution is 6.05. The van der Waals surface area contributed by atoms with Crippen LogP contribution in [0.1, 0.15) is 47.7 Å². The van der Waals surface area contributed by atoms with Crippen molar-refractivity contribution in [3.05, 3.63) is 83.4 Å². The van der Waals surface area contributed by atoms with Crippen LogP contribution in [0.3, 0.4) is 0 Å². The summed E-state index contributed by atoms with van der Waals surface area (Å²) in [6.45, 7) is 5.81. The molecule has 3 aromatic carbocycles. The van der Waals surface area contributed by atoms with Crippen molar-refractivity contribution in [1.82, 2.24) is 16.0 Å². The first-order chi connectivity index (χ1) is 21.5. The molecule has 0 saturated heterocycles. The topological polar surface area (TPSA) is 160 Å². The zero-order chi connectivity index (χ0) is 30.7. The van der Waals surface area contributed by atoms with Crippen molar-refractivity contribution in [1.29, 1.82) is 0 Å². The van der Waals surface area contributed by atoms with E-state index in [1.807, 2.05) is 31.2 Å². The molecule has 0 aliphatic carbocycles. The molecule has 7 N–H and O–H groups in total. The number of halogens is 1. The third-order valence-electron chi connectivity index (χ3n) is 6.87. The van der Waals surface area contributed by atoms with Gasteiger partial charge in [-0.3, -0.25) is 14.8 Å². The molecule has 2 aliphatic rings. The fraction of sp³-hybridized carbons (Fsp3) is 0.281. The number of amides is 5. The number of aliphatic imine (C=N–C) groups is 2. The predicted octanol–water partition coefficient (Wildman–Crippen LogP) is 5.02. The standard InChI is InChI=1S/C32H37N9O3.ClH/c1-2-13-37-30(42)23-18-26(40-31(43)38-24-9-5-21(6-10-24)28-33-14-3-15-34-28)20-27(19-23)41-32(44)39-25-11-7-22(8-12-25)29-35-16-4-17-36-29;/h5-12,18-20H,2-4,13-17H2,1H3,(H,33,34)(H,35,36)(H,37,42)(H2,38,40,43)(H2,39,41,44);1H. The summed E-state index contributed by atoms with van der Waals surface area (Å²) in [4.78, 5) is 47.5. The monoisotopic (exact) mass is 631 g/mol. The maximum Gasteiger partial charge on any atom is 0.323 e. The van der Waals surface area contributed by atoms with Crippen molar-refractivity contribution >= 4 is 64.8 Å². The number of benzene rings is 3. The lowest BCUT2D eigenvalue weighted by Crippen LogP contribution is -2.30. The molecule has 5 amide bonds. The average molecular weight is 632 g/mol. The number of hydrogen-bond donors (Lipinski definition) is 7. The number of urea groups is 2. The van der Waals surface area contributed by atoms with Crippen LogP contribution in [0.5, 0.6) is 0 Å². The fourth-order valence-electron chi connectivity index (χ4n) is 4.71. The second-order valence-electron chi connectivity index (χ2n) is 10.4. The van der Waals surface area contributed by atoms with E-state index in [2.05, 4.69) is 47.2 Å². The number of anilines is 4. The van der Waals surface area contributed by atoms with Crippen molar-refractivity contribution in [2.45, 2.75) is 26.2 Å². The van der Waals surface area contributed by atoms with Gasteiger partial charge in [-0.05, 0) is 86.0 Å². The fourth-order valence-corrected chi connectivity index (χ4v) is 4.71. The summed E-state index contributed by atoms with van der Waals surface area (Å²) >= 11 is 0. The van der Waals surface area contributed by atoms with Crippen LogP contribution in [-0.4, -0.2) is 62.4 Å². The second-order valence-corrected chi connectivity index (χ2v) is 10.4. The second kappa shape index (κ2) is 16.1. The van der Waals surface area contributed by atoms with Crippen molar-refractivity contribution in [3.8, 4) is 0 Å². The zero-order valence-electron chi connectivity index (χ0n) is 25.0. The summed E-state index contributed by atoms with van der Waals surface area (Å²) in [5, 5.41) is 20.5. The molecule has 2 heterocycles. The number of nitrogens with one attached hydrogen (secondary N) is 7. The lowest BCUT2D eigenvalue weighted by molar-refractivity contribution is 0.0953. The summed E-state index contributed by atoms with van der Waals surface area (Å²) in [6, 6.07) is 18.5. The van der Waals surface area contributed by atoms with Crippen molar-refractivity contribution in [2.75, 3.05) is 54.0 Å². The van der Waals surface area contributed by atoms with Gasteiger partial charge in [0.05, 0.1) is 0 Å². The smallest absolute Gasteiger partial charge is 0.323 e. The van der Waals surface area contributed by atoms with E-state index in [0.717, 1.165) is 68.2 Å². The predicted molar refractivity (Wildman–Crippen MR) is 183 cm³/mol. The quantitative estimate of drug-likeness (QED) is 0.176. The first-order valence-corrected chi connectivity index (χ1v) is 14.8. The van der Waals surface area contributed by atoms with Gasteiger partial charge in [0.15, 0.2) is 0 Å². The Kier molecular flexibility index (Phi) is 11.7. The lowest BCUT2D eigenvalue weighted by Gasteiger charge is -2.16. The number of amidine groups is 2. The Morgan fingerprint density at radius 1 is 0.667 bits per heavy atom. The van der Waals surface area contributed by atoms with Crippen LogP contribution in [0.4, 0.5) is 32.3 Å². The van der Waals surface area contributed by atoms with Crippen LogP contribution in [0.2, 0.25) is 0 Å². The molecular weight excluding hydrogens is 594 g/mol. The van der Waals surface area contributed by atoms with Gasteiger partial charge in [-0.15, -0.1) is 12.4 Å². The van der Waals surface area contributed by atoms with Crippen LogP contribution in [-0.2, 0) is 0 Å². The number of rotatable bonds is 9. The van der Waals surface area contributed by atoms with Crippen LogP contribution in [0.25, 0.3) is 0 Å². The van der Waals surface area contributed by atoms with E-state index < -0.39 is 12.1 Å². The molecule has 0 unspecified atom stereocenters. The molecule has 0 fully saturated rings. The van der Waals surface area contributed by atoms with Crippen molar-refractivity contribution < 1.29 is 14.4 Å². The third kappa shape index (κ3) is 9.44. The first-order valence-electron chi connectivity index (χ1n) is 14.8. The molecule has 236 valence electrons. The summed E-state index contributed by atoms with van der Waals surface area (Å²) in [6.07, 6.45) is 2.79. The molecule has 0 saturated carbocycles. The molecule has 3 aromatic rings. The maximum atomic E-state index is 12.9. The Bertz CT molecular complexity index is 1450. The Balaban J connectivity index is 0.00000461. The minimum Gasteiger partial charge on any atom is -0.370 e. The number of nitrogens with zero attached hydrogens (tertiary/aromatic N) is 2. The van der Waals surface area contributed by atoms with Gasteiger partial charge in [-0.1, -0.05) is 6.92 Å². The Morgan fingerprint density at radius 3 is 1.51 bits per heavy atom. The first kappa shape index (κ1) is 32.8. The van der Waals surface area contributed by atoms with Gasteiger partial charge in [-0.2, -0.15) is 0 Å². The molecule has 13 heteroatoms. The van der Waals surface area contributed by atoms with Gasteiger partial charge in [0.1, 0.15) is 11.7 Å². The van der Waals surface area contributed by atoms with Gasteiger partial charge >= 0.3 is 12.1 Å². The van der Waals surface area contributed by atoms with E-state index in [-0.39, 0.29) is 18.3 Å². The Labute approximate surface area is 268 Å². The third-order valence-corrected chi connectivity index (χ3v) is 6.87. The number of hydrogen-bond acceptors (Lipinski definition) is 7. The summed E-state index contributed by atoms with van der Waals surface area (Å²) in [7, 11) is 0. The van der Waals surface area contributed by atoms with Gasteiger partial charge < -0.3 is 37.2 Å². The van der Waals surface area contributed by atoms with E-state index in [1.165, 1.54) is 0 Å². The molecule has 12 nitrogen and oxygen atoms in total. The highest BCUT2D eigenvalue weighted by Gasteiger charge is 2.14. The molecule has 0 atom stereocenters. The highest BCUT2D eigenvalue weighted by atomic mass is 35.5. The SMILES string of the molecule is CCCNC(=O)c1cc(NC(=O)Nc2ccc(C3=NCCCN3)cc2)cc(NC(=O)Nc2ccc(C3=NCCCN3)cc2)c1.Cl. The van der Waals surface area contributed by atoms with Crippen LogP contribution in [0, 0.1) is 0 Å². The van der Waals surface area contributed by atoms with Gasteiger partial charge in [0.25, 0.3) is 5.91 Å². The zero-order valence-corrected chi connectivity index (χ0v) is 25.9.